The molecule has 2 heterocycles. The predicted molar refractivity (Wildman–Crippen MR) is 131 cm³/mol. The number of aromatic nitrogens is 1. The van der Waals surface area contributed by atoms with Gasteiger partial charge < -0.3 is 20.3 Å². The quantitative estimate of drug-likeness (QED) is 0.293. The number of nitrogens with one attached hydrogen (secondary N) is 2. The van der Waals surface area contributed by atoms with E-state index in [1.54, 1.807) is 60.8 Å². The second-order valence-electron chi connectivity index (χ2n) is 8.55. The first-order valence-corrected chi connectivity index (χ1v) is 11.4. The van der Waals surface area contributed by atoms with E-state index in [1.807, 2.05) is 0 Å². The third-order valence-corrected chi connectivity index (χ3v) is 6.03. The van der Waals surface area contributed by atoms with E-state index in [9.17, 15) is 23.2 Å². The largest absolute Gasteiger partial charge is 0.426 e. The van der Waals surface area contributed by atoms with E-state index in [-0.39, 0.29) is 32.5 Å². The Morgan fingerprint density at radius 3 is 2.55 bits per heavy atom. The Morgan fingerprint density at radius 2 is 1.87 bits per heavy atom. The zero-order valence-corrected chi connectivity index (χ0v) is 22.7. The molecule has 38 heavy (non-hydrogen) atoms. The van der Waals surface area contributed by atoms with Crippen LogP contribution in [0.3, 0.4) is 0 Å². The van der Waals surface area contributed by atoms with Crippen LogP contribution >= 0.6 is 0 Å². The van der Waals surface area contributed by atoms with Crippen molar-refractivity contribution in [2.45, 2.75) is 24.9 Å². The number of halogens is 2. The van der Waals surface area contributed by atoms with Gasteiger partial charge in [0.1, 0.15) is 6.04 Å². The predicted octanol–water partition coefficient (Wildman–Crippen LogP) is 2.99. The molecule has 1 unspecified atom stereocenters. The summed E-state index contributed by atoms with van der Waals surface area (Å²) in [6.45, 7) is 4.04. The normalized spacial score (nSPS) is 15.7. The minimum Gasteiger partial charge on any atom is -0.426 e. The van der Waals surface area contributed by atoms with Crippen LogP contribution in [0.5, 0.6) is 0 Å². The van der Waals surface area contributed by atoms with E-state index in [4.69, 9.17) is 11.8 Å². The molecule has 1 aliphatic heterocycles. The van der Waals surface area contributed by atoms with Crippen molar-refractivity contribution in [3.8, 4) is 17.2 Å². The molecule has 4 rings (SSSR count). The van der Waals surface area contributed by atoms with Crippen molar-refractivity contribution in [3.63, 3.8) is 0 Å². The summed E-state index contributed by atoms with van der Waals surface area (Å²) in [5.41, 5.74) is 2.79. The van der Waals surface area contributed by atoms with Crippen LogP contribution in [0.25, 0.3) is 22.0 Å². The fourth-order valence-electron chi connectivity index (χ4n) is 4.20. The molecule has 11 heteroatoms. The number of benzene rings is 2. The summed E-state index contributed by atoms with van der Waals surface area (Å²) in [5.74, 6) is -4.91. The maximum Gasteiger partial charge on any atom is 0.268 e. The molecule has 2 aromatic carbocycles. The molecule has 1 atom stereocenters. The average molecular weight is 689 g/mol. The number of nitrogens with zero attached hydrogens (tertiary/aromatic N) is 3. The average Bonchev–Trinajstić information content (AvgIpc) is 3.24. The monoisotopic (exact) mass is 689 g/mol. The van der Waals surface area contributed by atoms with Gasteiger partial charge in [0.15, 0.2) is 0 Å². The topological polar surface area (TPSA) is 115 Å². The van der Waals surface area contributed by atoms with Crippen LogP contribution in [-0.2, 0) is 36.6 Å². The van der Waals surface area contributed by atoms with Crippen molar-refractivity contribution in [1.29, 1.82) is 5.26 Å². The van der Waals surface area contributed by atoms with Crippen molar-refractivity contribution >= 4 is 28.6 Å². The molecule has 0 spiro atoms. The van der Waals surface area contributed by atoms with Gasteiger partial charge in [-0.25, -0.2) is 8.78 Å². The number of rotatable bonds is 7. The smallest absolute Gasteiger partial charge is 0.268 e. The number of carbonyl (C=O) groups is 3. The van der Waals surface area contributed by atoms with Gasteiger partial charge in [0.25, 0.3) is 11.8 Å². The van der Waals surface area contributed by atoms with E-state index < -0.39 is 49.2 Å². The number of carbonyl (C=O) groups excluding carboxylic acids is 3. The SMILES string of the molecule is [CH-]=CC(=O)NCc1ccc(-c2cnc3ccccc3c2C(=O)NCC(=O)N2CC(F)(F)CC2C#N)cc1.[Re]. The summed E-state index contributed by atoms with van der Waals surface area (Å²) in [4.78, 5) is 42.5. The summed E-state index contributed by atoms with van der Waals surface area (Å²) in [5, 5.41) is 14.8. The van der Waals surface area contributed by atoms with Crippen molar-refractivity contribution in [2.24, 2.45) is 0 Å². The first-order valence-electron chi connectivity index (χ1n) is 11.4. The van der Waals surface area contributed by atoms with E-state index in [0.717, 1.165) is 16.5 Å². The Bertz CT molecular complexity index is 1420. The molecule has 195 valence electrons. The van der Waals surface area contributed by atoms with E-state index >= 15 is 0 Å². The Labute approximate surface area is 231 Å². The summed E-state index contributed by atoms with van der Waals surface area (Å²) < 4.78 is 27.5. The van der Waals surface area contributed by atoms with Crippen LogP contribution in [0, 0.1) is 17.9 Å². The van der Waals surface area contributed by atoms with Gasteiger partial charge in [-0.05, 0) is 17.2 Å². The van der Waals surface area contributed by atoms with Crippen LogP contribution < -0.4 is 10.6 Å². The third-order valence-electron chi connectivity index (χ3n) is 6.03. The Balaban J connectivity index is 0.00000400. The summed E-state index contributed by atoms with van der Waals surface area (Å²) in [7, 11) is 0. The van der Waals surface area contributed by atoms with Gasteiger partial charge in [0, 0.05) is 50.5 Å². The number of likely N-dealkylation sites (tertiary alicyclic amines) is 1. The molecule has 3 amide bonds. The van der Waals surface area contributed by atoms with Crippen LogP contribution in [0.2, 0.25) is 0 Å². The number of alkyl halides is 2. The summed E-state index contributed by atoms with van der Waals surface area (Å²) in [6, 6.07) is 14.6. The Hall–Kier alpha value is -3.99. The maximum atomic E-state index is 13.7. The van der Waals surface area contributed by atoms with Crippen LogP contribution in [0.15, 0.2) is 60.8 Å². The second kappa shape index (κ2) is 12.0. The molecule has 2 N–H and O–H groups in total. The van der Waals surface area contributed by atoms with Crippen LogP contribution in [0.4, 0.5) is 8.78 Å². The van der Waals surface area contributed by atoms with Gasteiger partial charge >= 0.3 is 0 Å². The standard InChI is InChI=1S/C27H22F2N5O3.Re/c1-2-23(35)32-13-17-7-9-18(10-8-17)21-14-31-22-6-4-3-5-20(22)25(21)26(37)33-15-24(36)34-16-27(28,29)11-19(34)12-30;/h1-10,14,19H,11,13,15-16H2,(H,32,35)(H,33,37);/q-1;. The van der Waals surface area contributed by atoms with Gasteiger partial charge in [-0.1, -0.05) is 42.5 Å². The molecule has 1 aliphatic rings. The number of fused-ring (bicyclic) bond motifs is 1. The molecule has 1 saturated heterocycles. The van der Waals surface area contributed by atoms with Crippen LogP contribution in [0.1, 0.15) is 22.3 Å². The van der Waals surface area contributed by atoms with E-state index in [0.29, 0.717) is 22.0 Å². The van der Waals surface area contributed by atoms with Gasteiger partial charge in [-0.15, -0.1) is 0 Å². The van der Waals surface area contributed by atoms with Crippen molar-refractivity contribution in [3.05, 3.63) is 78.5 Å². The molecule has 8 nitrogen and oxygen atoms in total. The van der Waals surface area contributed by atoms with Crippen molar-refractivity contribution < 1.29 is 43.6 Å². The number of hydrogen-bond donors (Lipinski definition) is 2. The van der Waals surface area contributed by atoms with Crippen molar-refractivity contribution in [1.82, 2.24) is 20.5 Å². The Kier molecular flexibility index (Phi) is 9.05. The molecule has 0 aliphatic carbocycles. The zero-order valence-electron chi connectivity index (χ0n) is 20.0. The molecule has 1 fully saturated rings. The molecule has 1 radical (unpaired) electrons. The second-order valence-corrected chi connectivity index (χ2v) is 8.55. The minimum atomic E-state index is -3.15. The fourth-order valence-corrected chi connectivity index (χ4v) is 4.20. The Morgan fingerprint density at radius 1 is 1.16 bits per heavy atom. The number of nitriles is 1. The van der Waals surface area contributed by atoms with E-state index in [2.05, 4.69) is 15.6 Å². The summed E-state index contributed by atoms with van der Waals surface area (Å²) in [6.07, 6.45) is 1.75. The maximum absolute atomic E-state index is 13.7. The van der Waals surface area contributed by atoms with Crippen LogP contribution in [-0.4, -0.2) is 52.7 Å². The molecule has 3 aromatic rings. The molecular weight excluding hydrogens is 667 g/mol. The zero-order chi connectivity index (χ0) is 26.6. The van der Waals surface area contributed by atoms with Gasteiger partial charge in [0.2, 0.25) is 5.91 Å². The first kappa shape index (κ1) is 28.6. The minimum absolute atomic E-state index is 0. The number of pyridine rings is 1. The molecular formula is C27H22F2N5O3Re-. The van der Waals surface area contributed by atoms with E-state index in [1.165, 1.54) is 0 Å². The van der Waals surface area contributed by atoms with Gasteiger partial charge in [-0.3, -0.25) is 21.2 Å². The molecule has 0 bridgehead atoms. The molecule has 0 saturated carbocycles. The van der Waals surface area contributed by atoms with Crippen molar-refractivity contribution in [2.75, 3.05) is 13.1 Å². The number of amides is 3. The fraction of sp³-hybridized carbons (Fsp3) is 0.222. The van der Waals surface area contributed by atoms with Gasteiger partial charge in [0.05, 0.1) is 36.1 Å². The number of para-hydroxylation sites is 1. The summed E-state index contributed by atoms with van der Waals surface area (Å²) >= 11 is 0. The van der Waals surface area contributed by atoms with Gasteiger partial charge in [-0.2, -0.15) is 11.3 Å². The first-order chi connectivity index (χ1) is 17.7. The third kappa shape index (κ3) is 6.28. The number of hydrogen-bond acceptors (Lipinski definition) is 5. The molecule has 1 aromatic heterocycles.